The van der Waals surface area contributed by atoms with Crippen molar-refractivity contribution < 1.29 is 19.1 Å². The van der Waals surface area contributed by atoms with Crippen LogP contribution in [0.15, 0.2) is 10.5 Å². The summed E-state index contributed by atoms with van der Waals surface area (Å²) < 4.78 is 5.40. The number of nitrogens with zero attached hydrogens (tertiary/aromatic N) is 1. The molecule has 0 unspecified atom stereocenters. The first-order valence-corrected chi connectivity index (χ1v) is 7.04. The molecule has 1 aliphatic carbocycles. The molecular formula is C15H19NO4. The molecule has 1 saturated carbocycles. The number of aliphatic carboxylic acids is 1. The number of rotatable bonds is 2. The Kier molecular flexibility index (Phi) is 2.88. The van der Waals surface area contributed by atoms with Crippen molar-refractivity contribution in [3.8, 4) is 0 Å². The molecule has 1 N–H and O–H groups in total. The first-order valence-electron chi connectivity index (χ1n) is 7.04. The Hall–Kier alpha value is -1.78. The van der Waals surface area contributed by atoms with Gasteiger partial charge in [-0.25, -0.2) is 0 Å². The zero-order valence-electron chi connectivity index (χ0n) is 11.8. The zero-order valence-corrected chi connectivity index (χ0v) is 11.8. The maximum atomic E-state index is 12.6. The molecule has 2 aliphatic rings. The van der Waals surface area contributed by atoms with Gasteiger partial charge < -0.3 is 14.4 Å². The van der Waals surface area contributed by atoms with Crippen LogP contribution in [0.5, 0.6) is 0 Å². The molecule has 0 spiro atoms. The van der Waals surface area contributed by atoms with Gasteiger partial charge in [-0.15, -0.1) is 0 Å². The first kappa shape index (κ1) is 13.2. The molecule has 108 valence electrons. The lowest BCUT2D eigenvalue weighted by molar-refractivity contribution is -0.149. The van der Waals surface area contributed by atoms with Gasteiger partial charge in [-0.05, 0) is 38.7 Å². The number of fused-ring (bicyclic) bond motifs is 1. The molecule has 0 bridgehead atoms. The van der Waals surface area contributed by atoms with Crippen molar-refractivity contribution in [3.63, 3.8) is 0 Å². The minimum absolute atomic E-state index is 0.0947. The summed E-state index contributed by atoms with van der Waals surface area (Å²) in [6.07, 6.45) is 2.53. The number of aryl methyl sites for hydroxylation is 2. The largest absolute Gasteiger partial charge is 0.481 e. The standard InChI is InChI=1S/C15H19NO4/c1-9-6-12(10(2)20-9)13(17)16-7-11-4-3-5-15(11,8-16)14(18)19/h6,11H,3-5,7-8H2,1-2H3,(H,18,19)/t11-,15+/m0/s1. The predicted molar refractivity (Wildman–Crippen MR) is 71.5 cm³/mol. The van der Waals surface area contributed by atoms with Crippen LogP contribution in [0.3, 0.4) is 0 Å². The fourth-order valence-electron chi connectivity index (χ4n) is 3.81. The monoisotopic (exact) mass is 277 g/mol. The number of furan rings is 1. The van der Waals surface area contributed by atoms with Crippen LogP contribution < -0.4 is 0 Å². The summed E-state index contributed by atoms with van der Waals surface area (Å²) in [5.74, 6) is 0.550. The van der Waals surface area contributed by atoms with Crippen molar-refractivity contribution in [1.29, 1.82) is 0 Å². The minimum Gasteiger partial charge on any atom is -0.481 e. The van der Waals surface area contributed by atoms with Gasteiger partial charge in [-0.1, -0.05) is 6.42 Å². The second-order valence-electron chi connectivity index (χ2n) is 6.06. The third-order valence-electron chi connectivity index (χ3n) is 4.86. The average molecular weight is 277 g/mol. The molecule has 1 aromatic rings. The Morgan fingerprint density at radius 2 is 2.20 bits per heavy atom. The lowest BCUT2D eigenvalue weighted by Crippen LogP contribution is -2.37. The Bertz CT molecular complexity index is 576. The highest BCUT2D eigenvalue weighted by molar-refractivity contribution is 5.96. The summed E-state index contributed by atoms with van der Waals surface area (Å²) in [5, 5.41) is 9.55. The molecule has 2 atom stereocenters. The van der Waals surface area contributed by atoms with E-state index in [1.807, 2.05) is 0 Å². The van der Waals surface area contributed by atoms with Crippen molar-refractivity contribution in [2.24, 2.45) is 11.3 Å². The average Bonchev–Trinajstić information content (AvgIpc) is 2.99. The Labute approximate surface area is 117 Å². The van der Waals surface area contributed by atoms with Crippen molar-refractivity contribution in [2.75, 3.05) is 13.1 Å². The Morgan fingerprint density at radius 1 is 1.45 bits per heavy atom. The van der Waals surface area contributed by atoms with Gasteiger partial charge in [0.25, 0.3) is 5.91 Å². The van der Waals surface area contributed by atoms with Crippen LogP contribution in [0.1, 0.15) is 41.1 Å². The number of hydrogen-bond acceptors (Lipinski definition) is 3. The number of hydrogen-bond donors (Lipinski definition) is 1. The van der Waals surface area contributed by atoms with Gasteiger partial charge in [-0.3, -0.25) is 9.59 Å². The number of carboxylic acid groups (broad SMARTS) is 1. The summed E-state index contributed by atoms with van der Waals surface area (Å²) in [6.45, 7) is 4.45. The predicted octanol–water partition coefficient (Wildman–Crippen LogP) is 2.22. The number of amides is 1. The lowest BCUT2D eigenvalue weighted by atomic mass is 9.81. The molecule has 1 saturated heterocycles. The minimum atomic E-state index is -0.754. The van der Waals surface area contributed by atoms with E-state index in [1.165, 1.54) is 0 Å². The molecule has 20 heavy (non-hydrogen) atoms. The highest BCUT2D eigenvalue weighted by atomic mass is 16.4. The number of carbonyl (C=O) groups is 2. The van der Waals surface area contributed by atoms with E-state index in [-0.39, 0.29) is 11.8 Å². The molecule has 0 aromatic carbocycles. The maximum Gasteiger partial charge on any atom is 0.311 e. The second kappa shape index (κ2) is 4.36. The molecule has 2 fully saturated rings. The molecule has 2 heterocycles. The van der Waals surface area contributed by atoms with Gasteiger partial charge in [0, 0.05) is 13.1 Å². The van der Waals surface area contributed by atoms with Crippen LogP contribution in [0.2, 0.25) is 0 Å². The summed E-state index contributed by atoms with van der Waals surface area (Å²) in [7, 11) is 0. The van der Waals surface area contributed by atoms with Gasteiger partial charge in [-0.2, -0.15) is 0 Å². The third kappa shape index (κ3) is 1.76. The van der Waals surface area contributed by atoms with Crippen LogP contribution in [0, 0.1) is 25.2 Å². The van der Waals surface area contributed by atoms with Crippen molar-refractivity contribution in [1.82, 2.24) is 4.90 Å². The molecule has 3 rings (SSSR count). The summed E-state index contributed by atoms with van der Waals surface area (Å²) in [5.41, 5.74) is -0.162. The fraction of sp³-hybridized carbons (Fsp3) is 0.600. The second-order valence-corrected chi connectivity index (χ2v) is 6.06. The summed E-state index contributed by atoms with van der Waals surface area (Å²) in [6, 6.07) is 1.74. The van der Waals surface area contributed by atoms with E-state index in [1.54, 1.807) is 24.8 Å². The van der Waals surface area contributed by atoms with Gasteiger partial charge >= 0.3 is 5.97 Å². The quantitative estimate of drug-likeness (QED) is 0.899. The third-order valence-corrected chi connectivity index (χ3v) is 4.86. The first-order chi connectivity index (χ1) is 9.44. The number of carboxylic acids is 1. The normalized spacial score (nSPS) is 28.7. The highest BCUT2D eigenvalue weighted by Crippen LogP contribution is 2.49. The molecule has 1 aliphatic heterocycles. The molecule has 5 heteroatoms. The molecule has 0 radical (unpaired) electrons. The van der Waals surface area contributed by atoms with Crippen LogP contribution >= 0.6 is 0 Å². The number of likely N-dealkylation sites (tertiary alicyclic amines) is 1. The van der Waals surface area contributed by atoms with Crippen molar-refractivity contribution in [2.45, 2.75) is 33.1 Å². The Balaban J connectivity index is 1.85. The highest BCUT2D eigenvalue weighted by Gasteiger charge is 2.55. The van der Waals surface area contributed by atoms with E-state index < -0.39 is 11.4 Å². The molecule has 1 aromatic heterocycles. The van der Waals surface area contributed by atoms with Gasteiger partial charge in [0.05, 0.1) is 11.0 Å². The van der Waals surface area contributed by atoms with Crippen LogP contribution in [-0.4, -0.2) is 35.0 Å². The van der Waals surface area contributed by atoms with Crippen LogP contribution in [0.4, 0.5) is 0 Å². The van der Waals surface area contributed by atoms with Gasteiger partial charge in [0.2, 0.25) is 0 Å². The van der Waals surface area contributed by atoms with E-state index in [0.29, 0.717) is 36.6 Å². The van der Waals surface area contributed by atoms with Crippen molar-refractivity contribution >= 4 is 11.9 Å². The van der Waals surface area contributed by atoms with E-state index in [2.05, 4.69) is 0 Å². The lowest BCUT2D eigenvalue weighted by Gasteiger charge is -2.23. The summed E-state index contributed by atoms with van der Waals surface area (Å²) in [4.78, 5) is 25.9. The van der Waals surface area contributed by atoms with E-state index in [4.69, 9.17) is 4.42 Å². The van der Waals surface area contributed by atoms with E-state index in [9.17, 15) is 14.7 Å². The number of carbonyl (C=O) groups excluding carboxylic acids is 1. The molecular weight excluding hydrogens is 258 g/mol. The van der Waals surface area contributed by atoms with E-state index in [0.717, 1.165) is 12.8 Å². The molecule has 1 amide bonds. The maximum absolute atomic E-state index is 12.6. The zero-order chi connectivity index (χ0) is 14.5. The van der Waals surface area contributed by atoms with Crippen LogP contribution in [0.25, 0.3) is 0 Å². The van der Waals surface area contributed by atoms with Gasteiger partial charge in [0.1, 0.15) is 11.5 Å². The smallest absolute Gasteiger partial charge is 0.311 e. The Morgan fingerprint density at radius 3 is 2.75 bits per heavy atom. The van der Waals surface area contributed by atoms with Crippen molar-refractivity contribution in [3.05, 3.63) is 23.2 Å². The van der Waals surface area contributed by atoms with Crippen LogP contribution in [-0.2, 0) is 4.79 Å². The summed E-state index contributed by atoms with van der Waals surface area (Å²) >= 11 is 0. The topological polar surface area (TPSA) is 70.8 Å². The fourth-order valence-corrected chi connectivity index (χ4v) is 3.81. The van der Waals surface area contributed by atoms with E-state index >= 15 is 0 Å². The molecule has 5 nitrogen and oxygen atoms in total. The van der Waals surface area contributed by atoms with Gasteiger partial charge in [0.15, 0.2) is 0 Å². The SMILES string of the molecule is Cc1cc(C(=O)N2C[C@@H]3CCC[C@@]3(C(=O)O)C2)c(C)o1.